The molecule has 0 atom stereocenters. The Morgan fingerprint density at radius 2 is 1.79 bits per heavy atom. The maximum absolute atomic E-state index is 12.9. The molecule has 1 fully saturated rings. The van der Waals surface area contributed by atoms with Crippen LogP contribution < -0.4 is 14.8 Å². The van der Waals surface area contributed by atoms with Crippen LogP contribution in [0.25, 0.3) is 11.3 Å². The van der Waals surface area contributed by atoms with Gasteiger partial charge in [0.2, 0.25) is 5.91 Å². The first-order chi connectivity index (χ1) is 13.6. The van der Waals surface area contributed by atoms with Crippen LogP contribution in [0.3, 0.4) is 0 Å². The smallest absolute Gasteiger partial charge is 0.236 e. The fraction of sp³-hybridized carbons (Fsp3) is 0.238. The van der Waals surface area contributed by atoms with Crippen LogP contribution in [-0.4, -0.2) is 25.3 Å². The Kier molecular flexibility index (Phi) is 4.85. The third kappa shape index (κ3) is 3.38. The number of hydrogen-bond donors (Lipinski definition) is 1. The van der Waals surface area contributed by atoms with E-state index in [2.05, 4.69) is 26.4 Å². The van der Waals surface area contributed by atoms with Gasteiger partial charge >= 0.3 is 0 Å². The van der Waals surface area contributed by atoms with Gasteiger partial charge in [-0.15, -0.1) is 0 Å². The van der Waals surface area contributed by atoms with Crippen molar-refractivity contribution in [1.82, 2.24) is 5.16 Å². The Labute approximate surface area is 171 Å². The molecule has 3 aromatic rings. The average molecular weight is 443 g/mol. The minimum Gasteiger partial charge on any atom is -0.493 e. The fourth-order valence-corrected chi connectivity index (χ4v) is 3.40. The number of carbonyl (C=O) groups is 1. The van der Waals surface area contributed by atoms with Crippen molar-refractivity contribution >= 4 is 27.5 Å². The second-order valence-corrected chi connectivity index (χ2v) is 7.60. The molecule has 0 saturated heterocycles. The molecule has 6 nitrogen and oxygen atoms in total. The van der Waals surface area contributed by atoms with Crippen molar-refractivity contribution in [3.05, 3.63) is 58.7 Å². The zero-order valence-electron chi connectivity index (χ0n) is 15.5. The van der Waals surface area contributed by atoms with Gasteiger partial charge in [-0.05, 0) is 55.3 Å². The molecule has 1 aromatic heterocycles. The van der Waals surface area contributed by atoms with Gasteiger partial charge in [-0.25, -0.2) is 0 Å². The molecule has 2 aromatic carbocycles. The number of ether oxygens (including phenoxy) is 2. The van der Waals surface area contributed by atoms with Crippen molar-refractivity contribution in [3.8, 4) is 22.8 Å². The van der Waals surface area contributed by atoms with Gasteiger partial charge in [0.25, 0.3) is 0 Å². The van der Waals surface area contributed by atoms with E-state index in [0.29, 0.717) is 23.0 Å². The number of halogens is 1. The minimum absolute atomic E-state index is 0.0676. The Morgan fingerprint density at radius 1 is 1.07 bits per heavy atom. The number of carbonyl (C=O) groups excluding carboxylic acids is 1. The molecule has 28 heavy (non-hydrogen) atoms. The van der Waals surface area contributed by atoms with Crippen LogP contribution in [-0.2, 0) is 10.2 Å². The first kappa shape index (κ1) is 18.6. The van der Waals surface area contributed by atoms with Gasteiger partial charge in [-0.2, -0.15) is 0 Å². The molecular weight excluding hydrogens is 424 g/mol. The Morgan fingerprint density at radius 3 is 2.43 bits per heavy atom. The molecule has 1 amide bonds. The quantitative estimate of drug-likeness (QED) is 0.593. The number of aromatic nitrogens is 1. The van der Waals surface area contributed by atoms with E-state index in [9.17, 15) is 4.79 Å². The number of benzene rings is 2. The third-order valence-corrected chi connectivity index (χ3v) is 5.48. The number of amides is 1. The number of methoxy groups -OCH3 is 2. The predicted molar refractivity (Wildman–Crippen MR) is 109 cm³/mol. The number of nitrogens with zero attached hydrogens (tertiary/aromatic N) is 1. The zero-order valence-corrected chi connectivity index (χ0v) is 17.1. The monoisotopic (exact) mass is 442 g/mol. The highest BCUT2D eigenvalue weighted by molar-refractivity contribution is 9.10. The highest BCUT2D eigenvalue weighted by Crippen LogP contribution is 2.49. The van der Waals surface area contributed by atoms with Crippen LogP contribution in [0.1, 0.15) is 18.5 Å². The van der Waals surface area contributed by atoms with Crippen LogP contribution in [0.4, 0.5) is 5.69 Å². The first-order valence-corrected chi connectivity index (χ1v) is 9.62. The summed E-state index contributed by atoms with van der Waals surface area (Å²) in [5.41, 5.74) is 1.57. The normalized spacial score (nSPS) is 14.4. The Hall–Kier alpha value is -2.80. The van der Waals surface area contributed by atoms with Gasteiger partial charge in [0, 0.05) is 21.8 Å². The summed E-state index contributed by atoms with van der Waals surface area (Å²) < 4.78 is 17.1. The standard InChI is InChI=1S/C21H19BrN2O4/c1-26-16-8-3-13(11-18(16)27-2)17-12-19(24-28-17)21(9-10-21)20(25)23-15-6-4-14(22)5-7-15/h3-8,11-12H,9-10H2,1-2H3,(H,23,25). The summed E-state index contributed by atoms with van der Waals surface area (Å²) >= 11 is 3.39. The molecule has 0 spiro atoms. The van der Waals surface area contributed by atoms with E-state index < -0.39 is 5.41 Å². The van der Waals surface area contributed by atoms with Crippen molar-refractivity contribution in [3.63, 3.8) is 0 Å². The van der Waals surface area contributed by atoms with E-state index >= 15 is 0 Å². The lowest BCUT2D eigenvalue weighted by Crippen LogP contribution is -2.28. The summed E-state index contributed by atoms with van der Waals surface area (Å²) in [6.45, 7) is 0. The summed E-state index contributed by atoms with van der Waals surface area (Å²) in [4.78, 5) is 12.9. The molecule has 144 valence electrons. The third-order valence-electron chi connectivity index (χ3n) is 4.96. The van der Waals surface area contributed by atoms with Crippen LogP contribution in [0.2, 0.25) is 0 Å². The topological polar surface area (TPSA) is 73.6 Å². The maximum atomic E-state index is 12.9. The van der Waals surface area contributed by atoms with Crippen LogP contribution >= 0.6 is 15.9 Å². The van der Waals surface area contributed by atoms with Crippen LogP contribution in [0.15, 0.2) is 57.5 Å². The van der Waals surface area contributed by atoms with Gasteiger partial charge < -0.3 is 19.3 Å². The van der Waals surface area contributed by atoms with E-state index in [0.717, 1.165) is 28.6 Å². The maximum Gasteiger partial charge on any atom is 0.236 e. The Bertz CT molecular complexity index is 1010. The van der Waals surface area contributed by atoms with Crippen molar-refractivity contribution in [2.75, 3.05) is 19.5 Å². The molecule has 0 radical (unpaired) electrons. The lowest BCUT2D eigenvalue weighted by Gasteiger charge is -2.12. The summed E-state index contributed by atoms with van der Waals surface area (Å²) in [6, 6.07) is 14.8. The van der Waals surface area contributed by atoms with Crippen molar-refractivity contribution < 1.29 is 18.8 Å². The number of anilines is 1. The highest BCUT2D eigenvalue weighted by atomic mass is 79.9. The van der Waals surface area contributed by atoms with Gasteiger partial charge in [-0.3, -0.25) is 4.79 Å². The summed E-state index contributed by atoms with van der Waals surface area (Å²) in [5.74, 6) is 1.76. The molecule has 4 rings (SSSR count). The van der Waals surface area contributed by atoms with Crippen LogP contribution in [0.5, 0.6) is 11.5 Å². The van der Waals surface area contributed by atoms with E-state index in [1.165, 1.54) is 0 Å². The molecule has 1 heterocycles. The van der Waals surface area contributed by atoms with Crippen LogP contribution in [0, 0.1) is 0 Å². The van der Waals surface area contributed by atoms with Gasteiger partial charge in [0.05, 0.1) is 25.3 Å². The molecule has 0 aliphatic heterocycles. The van der Waals surface area contributed by atoms with Crippen molar-refractivity contribution in [2.24, 2.45) is 0 Å². The zero-order chi connectivity index (χ0) is 19.7. The summed E-state index contributed by atoms with van der Waals surface area (Å²) in [5, 5.41) is 7.16. The minimum atomic E-state index is -0.634. The summed E-state index contributed by atoms with van der Waals surface area (Å²) in [6.07, 6.45) is 1.49. The summed E-state index contributed by atoms with van der Waals surface area (Å²) in [7, 11) is 3.17. The lowest BCUT2D eigenvalue weighted by molar-refractivity contribution is -0.118. The highest BCUT2D eigenvalue weighted by Gasteiger charge is 2.53. The largest absolute Gasteiger partial charge is 0.493 e. The molecule has 1 saturated carbocycles. The number of hydrogen-bond acceptors (Lipinski definition) is 5. The molecule has 1 N–H and O–H groups in total. The van der Waals surface area contributed by atoms with E-state index in [-0.39, 0.29) is 5.91 Å². The van der Waals surface area contributed by atoms with Gasteiger partial charge in [-0.1, -0.05) is 21.1 Å². The lowest BCUT2D eigenvalue weighted by atomic mass is 10.00. The molecule has 1 aliphatic carbocycles. The van der Waals surface area contributed by atoms with Crippen molar-refractivity contribution in [1.29, 1.82) is 0 Å². The molecule has 0 unspecified atom stereocenters. The molecule has 7 heteroatoms. The average Bonchev–Trinajstić information content (AvgIpc) is 3.39. The fourth-order valence-electron chi connectivity index (χ4n) is 3.13. The second kappa shape index (κ2) is 7.31. The predicted octanol–water partition coefficient (Wildman–Crippen LogP) is 4.79. The van der Waals surface area contributed by atoms with Gasteiger partial charge in [0.1, 0.15) is 0 Å². The van der Waals surface area contributed by atoms with E-state index in [4.69, 9.17) is 14.0 Å². The number of rotatable bonds is 6. The number of nitrogens with one attached hydrogen (secondary N) is 1. The Balaban J connectivity index is 1.56. The van der Waals surface area contributed by atoms with Gasteiger partial charge in [0.15, 0.2) is 17.3 Å². The molecular formula is C21H19BrN2O4. The van der Waals surface area contributed by atoms with E-state index in [1.54, 1.807) is 14.2 Å². The first-order valence-electron chi connectivity index (χ1n) is 8.82. The molecule has 0 bridgehead atoms. The second-order valence-electron chi connectivity index (χ2n) is 6.69. The SMILES string of the molecule is COc1ccc(-c2cc(C3(C(=O)Nc4ccc(Br)cc4)CC3)no2)cc1OC. The van der Waals surface area contributed by atoms with Crippen molar-refractivity contribution in [2.45, 2.75) is 18.3 Å². The molecule has 1 aliphatic rings. The van der Waals surface area contributed by atoms with E-state index in [1.807, 2.05) is 48.5 Å².